The largest absolute Gasteiger partial charge is 0.497 e. The molecule has 0 unspecified atom stereocenters. The van der Waals surface area contributed by atoms with Crippen molar-refractivity contribution in [1.82, 2.24) is 15.4 Å². The van der Waals surface area contributed by atoms with E-state index in [0.29, 0.717) is 39.2 Å². The molecule has 0 aliphatic carbocycles. The fourth-order valence-corrected chi connectivity index (χ4v) is 2.99. The zero-order valence-electron chi connectivity index (χ0n) is 15.7. The van der Waals surface area contributed by atoms with Gasteiger partial charge in [-0.2, -0.15) is 24.2 Å². The minimum Gasteiger partial charge on any atom is -0.497 e. The maximum absolute atomic E-state index is 12.8. The molecular weight excluding hydrogens is 394 g/mol. The first-order valence-corrected chi connectivity index (χ1v) is 8.88. The number of aromatic amines is 1. The second-order valence-corrected chi connectivity index (χ2v) is 6.30. The number of ether oxygens (including phenoxy) is 2. The van der Waals surface area contributed by atoms with Crippen molar-refractivity contribution >= 4 is 22.6 Å². The van der Waals surface area contributed by atoms with Crippen LogP contribution >= 0.6 is 0 Å². The summed E-state index contributed by atoms with van der Waals surface area (Å²) in [6.45, 7) is -2.98. The Hall–Kier alpha value is -4.01. The van der Waals surface area contributed by atoms with Gasteiger partial charge in [0.1, 0.15) is 22.5 Å². The SMILES string of the molecule is COc1ccc(-c2cc(NC(=O)c3ccc4n[nH]nc4c3)ccc2OC(F)F)cc1. The molecule has 3 aromatic carbocycles. The van der Waals surface area contributed by atoms with Gasteiger partial charge >= 0.3 is 6.61 Å². The molecule has 0 radical (unpaired) electrons. The second kappa shape index (κ2) is 8.16. The molecule has 1 heterocycles. The van der Waals surface area contributed by atoms with Gasteiger partial charge in [-0.05, 0) is 54.1 Å². The number of alkyl halides is 2. The van der Waals surface area contributed by atoms with Gasteiger partial charge < -0.3 is 14.8 Å². The molecule has 30 heavy (non-hydrogen) atoms. The van der Waals surface area contributed by atoms with Gasteiger partial charge in [0, 0.05) is 16.8 Å². The first kappa shape index (κ1) is 19.3. The van der Waals surface area contributed by atoms with Crippen LogP contribution in [0.3, 0.4) is 0 Å². The molecule has 1 amide bonds. The number of rotatable bonds is 6. The van der Waals surface area contributed by atoms with E-state index in [9.17, 15) is 13.6 Å². The van der Waals surface area contributed by atoms with Crippen LogP contribution in [0.4, 0.5) is 14.5 Å². The minimum absolute atomic E-state index is 0.00261. The van der Waals surface area contributed by atoms with Crippen LogP contribution in [0.2, 0.25) is 0 Å². The molecule has 1 aromatic heterocycles. The molecule has 0 saturated heterocycles. The lowest BCUT2D eigenvalue weighted by Gasteiger charge is -2.14. The van der Waals surface area contributed by atoms with E-state index in [1.54, 1.807) is 48.5 Å². The Morgan fingerprint density at radius 2 is 1.77 bits per heavy atom. The van der Waals surface area contributed by atoms with Crippen LogP contribution in [-0.2, 0) is 0 Å². The number of carbonyl (C=O) groups is 1. The van der Waals surface area contributed by atoms with Gasteiger partial charge in [0.05, 0.1) is 7.11 Å². The Morgan fingerprint density at radius 3 is 2.50 bits per heavy atom. The van der Waals surface area contributed by atoms with Crippen LogP contribution < -0.4 is 14.8 Å². The highest BCUT2D eigenvalue weighted by Crippen LogP contribution is 2.34. The van der Waals surface area contributed by atoms with E-state index in [1.807, 2.05) is 0 Å². The third kappa shape index (κ3) is 4.04. The first-order chi connectivity index (χ1) is 14.5. The van der Waals surface area contributed by atoms with Gasteiger partial charge in [0.25, 0.3) is 5.91 Å². The van der Waals surface area contributed by atoms with Crippen molar-refractivity contribution in [3.63, 3.8) is 0 Å². The van der Waals surface area contributed by atoms with E-state index in [4.69, 9.17) is 4.74 Å². The summed E-state index contributed by atoms with van der Waals surface area (Å²) in [5, 5.41) is 13.2. The van der Waals surface area contributed by atoms with Crippen LogP contribution in [0, 0.1) is 0 Å². The van der Waals surface area contributed by atoms with E-state index >= 15 is 0 Å². The minimum atomic E-state index is -2.98. The lowest BCUT2D eigenvalue weighted by atomic mass is 10.0. The molecule has 0 saturated carbocycles. The van der Waals surface area contributed by atoms with Crippen LogP contribution in [0.1, 0.15) is 10.4 Å². The van der Waals surface area contributed by atoms with Crippen LogP contribution in [0.15, 0.2) is 60.7 Å². The Kier molecular flexibility index (Phi) is 5.25. The van der Waals surface area contributed by atoms with Gasteiger partial charge in [-0.25, -0.2) is 0 Å². The number of methoxy groups -OCH3 is 1. The third-order valence-corrected chi connectivity index (χ3v) is 4.43. The number of aromatic nitrogens is 3. The molecule has 4 rings (SSSR count). The van der Waals surface area contributed by atoms with Gasteiger partial charge in [-0.1, -0.05) is 12.1 Å². The summed E-state index contributed by atoms with van der Waals surface area (Å²) in [7, 11) is 1.53. The molecule has 4 aromatic rings. The monoisotopic (exact) mass is 410 g/mol. The average molecular weight is 410 g/mol. The summed E-state index contributed by atoms with van der Waals surface area (Å²) in [5.41, 5.74) is 3.04. The van der Waals surface area contributed by atoms with Crippen molar-refractivity contribution < 1.29 is 23.0 Å². The molecule has 0 spiro atoms. The Labute approximate surface area is 169 Å². The number of hydrogen-bond acceptors (Lipinski definition) is 5. The maximum Gasteiger partial charge on any atom is 0.387 e. The average Bonchev–Trinajstić information content (AvgIpc) is 3.22. The molecule has 0 atom stereocenters. The summed E-state index contributed by atoms with van der Waals surface area (Å²) in [6, 6.07) is 16.2. The number of benzene rings is 3. The number of amides is 1. The van der Waals surface area contributed by atoms with E-state index in [-0.39, 0.29) is 11.7 Å². The predicted molar refractivity (Wildman–Crippen MR) is 107 cm³/mol. The zero-order valence-corrected chi connectivity index (χ0v) is 15.7. The number of carbonyl (C=O) groups excluding carboxylic acids is 1. The van der Waals surface area contributed by atoms with Gasteiger partial charge in [-0.3, -0.25) is 4.79 Å². The Morgan fingerprint density at radius 1 is 1.00 bits per heavy atom. The molecule has 0 fully saturated rings. The fourth-order valence-electron chi connectivity index (χ4n) is 2.99. The number of nitrogens with zero attached hydrogens (tertiary/aromatic N) is 2. The molecular formula is C21H16F2N4O3. The fraction of sp³-hybridized carbons (Fsp3) is 0.0952. The lowest BCUT2D eigenvalue weighted by molar-refractivity contribution is -0.0494. The highest BCUT2D eigenvalue weighted by molar-refractivity contribution is 6.06. The molecule has 0 aliphatic heterocycles. The summed E-state index contributed by atoms with van der Waals surface area (Å²) in [6.07, 6.45) is 0. The van der Waals surface area contributed by atoms with E-state index in [2.05, 4.69) is 25.5 Å². The summed E-state index contributed by atoms with van der Waals surface area (Å²) >= 11 is 0. The Balaban J connectivity index is 1.64. The van der Waals surface area contributed by atoms with E-state index < -0.39 is 6.61 Å². The molecule has 7 nitrogen and oxygen atoms in total. The highest BCUT2D eigenvalue weighted by Gasteiger charge is 2.15. The summed E-state index contributed by atoms with van der Waals surface area (Å²) in [5.74, 6) is 0.253. The third-order valence-electron chi connectivity index (χ3n) is 4.43. The smallest absolute Gasteiger partial charge is 0.387 e. The number of H-pyrrole nitrogens is 1. The number of fused-ring (bicyclic) bond motifs is 1. The second-order valence-electron chi connectivity index (χ2n) is 6.30. The van der Waals surface area contributed by atoms with Crippen molar-refractivity contribution in [1.29, 1.82) is 0 Å². The Bertz CT molecular complexity index is 1190. The molecule has 2 N–H and O–H groups in total. The predicted octanol–water partition coefficient (Wildman–Crippen LogP) is 4.49. The standard InChI is InChI=1S/C21H16F2N4O3/c1-29-15-6-2-12(3-7-15)16-11-14(5-9-19(16)30-21(22)23)24-20(28)13-4-8-17-18(10-13)26-27-25-17/h2-11,21H,1H3,(H,24,28)(H,25,26,27). The molecule has 0 aliphatic rings. The van der Waals surface area contributed by atoms with Crippen molar-refractivity contribution in [2.24, 2.45) is 0 Å². The van der Waals surface area contributed by atoms with Crippen LogP contribution in [-0.4, -0.2) is 35.0 Å². The number of hydrogen-bond donors (Lipinski definition) is 2. The van der Waals surface area contributed by atoms with Gasteiger partial charge in [0.2, 0.25) is 0 Å². The topological polar surface area (TPSA) is 89.1 Å². The number of nitrogens with one attached hydrogen (secondary N) is 2. The van der Waals surface area contributed by atoms with Crippen molar-refractivity contribution in [3.05, 3.63) is 66.2 Å². The number of anilines is 1. The van der Waals surface area contributed by atoms with Crippen LogP contribution in [0.5, 0.6) is 11.5 Å². The molecule has 0 bridgehead atoms. The van der Waals surface area contributed by atoms with E-state index in [1.165, 1.54) is 19.2 Å². The van der Waals surface area contributed by atoms with Crippen LogP contribution in [0.25, 0.3) is 22.2 Å². The molecule has 9 heteroatoms. The van der Waals surface area contributed by atoms with E-state index in [0.717, 1.165) is 0 Å². The van der Waals surface area contributed by atoms with Crippen molar-refractivity contribution in [2.75, 3.05) is 12.4 Å². The van der Waals surface area contributed by atoms with Crippen molar-refractivity contribution in [2.45, 2.75) is 6.61 Å². The van der Waals surface area contributed by atoms with Gasteiger partial charge in [-0.15, -0.1) is 0 Å². The lowest BCUT2D eigenvalue weighted by Crippen LogP contribution is -2.12. The maximum atomic E-state index is 12.8. The number of halogens is 2. The zero-order chi connectivity index (χ0) is 21.1. The quantitative estimate of drug-likeness (QED) is 0.489. The summed E-state index contributed by atoms with van der Waals surface area (Å²) in [4.78, 5) is 12.6. The first-order valence-electron chi connectivity index (χ1n) is 8.88. The van der Waals surface area contributed by atoms with Gasteiger partial charge in [0.15, 0.2) is 0 Å². The normalized spacial score (nSPS) is 10.9. The molecule has 152 valence electrons. The summed E-state index contributed by atoms with van der Waals surface area (Å²) < 4.78 is 35.5. The highest BCUT2D eigenvalue weighted by atomic mass is 19.3. The van der Waals surface area contributed by atoms with Crippen molar-refractivity contribution in [3.8, 4) is 22.6 Å².